The highest BCUT2D eigenvalue weighted by Crippen LogP contribution is 2.18. The third-order valence-corrected chi connectivity index (χ3v) is 2.02. The number of aryl methyl sites for hydroxylation is 1. The van der Waals surface area contributed by atoms with E-state index in [1.807, 2.05) is 30.3 Å². The second-order valence-electron chi connectivity index (χ2n) is 3.23. The SMILES string of the molecule is Cc1nc(Nc2ccccc2)oc1C(=O)O. The number of rotatable bonds is 3. The van der Waals surface area contributed by atoms with Crippen LogP contribution in [-0.4, -0.2) is 16.1 Å². The molecule has 1 aromatic carbocycles. The Balaban J connectivity index is 2.23. The number of hydrogen-bond donors (Lipinski definition) is 2. The molecule has 2 rings (SSSR count). The van der Waals surface area contributed by atoms with Gasteiger partial charge in [-0.25, -0.2) is 4.79 Å². The zero-order valence-electron chi connectivity index (χ0n) is 8.60. The fourth-order valence-corrected chi connectivity index (χ4v) is 1.29. The number of nitrogens with one attached hydrogen (secondary N) is 1. The quantitative estimate of drug-likeness (QED) is 0.827. The Hall–Kier alpha value is -2.30. The van der Waals surface area contributed by atoms with Gasteiger partial charge in [0.15, 0.2) is 0 Å². The fourth-order valence-electron chi connectivity index (χ4n) is 1.29. The van der Waals surface area contributed by atoms with Crippen molar-refractivity contribution in [2.75, 3.05) is 5.32 Å². The van der Waals surface area contributed by atoms with Crippen LogP contribution in [0.5, 0.6) is 0 Å². The molecular formula is C11H10N2O3. The number of anilines is 2. The van der Waals surface area contributed by atoms with Crippen LogP contribution < -0.4 is 5.32 Å². The molecular weight excluding hydrogens is 208 g/mol. The van der Waals surface area contributed by atoms with Crippen LogP contribution in [0.15, 0.2) is 34.7 Å². The molecule has 0 aliphatic rings. The number of carboxylic acids is 1. The van der Waals surface area contributed by atoms with Crippen molar-refractivity contribution >= 4 is 17.7 Å². The Morgan fingerprint density at radius 2 is 2.06 bits per heavy atom. The highest BCUT2D eigenvalue weighted by molar-refractivity contribution is 5.85. The maximum Gasteiger partial charge on any atom is 0.373 e. The molecule has 5 nitrogen and oxygen atoms in total. The summed E-state index contributed by atoms with van der Waals surface area (Å²) in [5, 5.41) is 11.7. The highest BCUT2D eigenvalue weighted by Gasteiger charge is 2.15. The minimum absolute atomic E-state index is 0.140. The second-order valence-corrected chi connectivity index (χ2v) is 3.23. The number of nitrogens with zero attached hydrogens (tertiary/aromatic N) is 1. The van der Waals surface area contributed by atoms with Crippen molar-refractivity contribution < 1.29 is 14.3 Å². The van der Waals surface area contributed by atoms with Crippen molar-refractivity contribution in [3.63, 3.8) is 0 Å². The summed E-state index contributed by atoms with van der Waals surface area (Å²) in [5.74, 6) is -1.26. The van der Waals surface area contributed by atoms with Gasteiger partial charge in [0, 0.05) is 5.69 Å². The van der Waals surface area contributed by atoms with Crippen molar-refractivity contribution in [1.82, 2.24) is 4.98 Å². The van der Waals surface area contributed by atoms with E-state index in [1.54, 1.807) is 6.92 Å². The number of carbonyl (C=O) groups is 1. The Kier molecular flexibility index (Phi) is 2.59. The van der Waals surface area contributed by atoms with E-state index in [-0.39, 0.29) is 11.8 Å². The first-order valence-electron chi connectivity index (χ1n) is 4.69. The van der Waals surface area contributed by atoms with Crippen LogP contribution in [0.1, 0.15) is 16.2 Å². The van der Waals surface area contributed by atoms with E-state index in [0.29, 0.717) is 5.69 Å². The lowest BCUT2D eigenvalue weighted by Gasteiger charge is -1.99. The predicted octanol–water partition coefficient (Wildman–Crippen LogP) is 2.42. The van der Waals surface area contributed by atoms with Crippen LogP contribution in [-0.2, 0) is 0 Å². The molecule has 2 aromatic rings. The van der Waals surface area contributed by atoms with Crippen LogP contribution in [0, 0.1) is 6.92 Å². The van der Waals surface area contributed by atoms with Crippen LogP contribution >= 0.6 is 0 Å². The van der Waals surface area contributed by atoms with Gasteiger partial charge in [0.1, 0.15) is 0 Å². The van der Waals surface area contributed by atoms with E-state index in [9.17, 15) is 4.79 Å². The van der Waals surface area contributed by atoms with Gasteiger partial charge in [-0.15, -0.1) is 0 Å². The fraction of sp³-hybridized carbons (Fsp3) is 0.0909. The van der Waals surface area contributed by atoms with Gasteiger partial charge >= 0.3 is 5.97 Å². The number of aromatic carboxylic acids is 1. The number of hydrogen-bond acceptors (Lipinski definition) is 4. The number of benzene rings is 1. The summed E-state index contributed by atoms with van der Waals surface area (Å²) in [6, 6.07) is 9.45. The van der Waals surface area contributed by atoms with Gasteiger partial charge in [0.05, 0.1) is 5.69 Å². The number of aromatic nitrogens is 1. The van der Waals surface area contributed by atoms with Crippen molar-refractivity contribution in [3.05, 3.63) is 41.8 Å². The molecule has 0 amide bonds. The first kappa shape index (κ1) is 10.2. The predicted molar refractivity (Wildman–Crippen MR) is 57.9 cm³/mol. The van der Waals surface area contributed by atoms with E-state index < -0.39 is 5.97 Å². The lowest BCUT2D eigenvalue weighted by Crippen LogP contribution is -1.95. The molecule has 0 aliphatic heterocycles. The summed E-state index contributed by atoms with van der Waals surface area (Å²) in [6.07, 6.45) is 0. The van der Waals surface area contributed by atoms with Crippen LogP contribution in [0.4, 0.5) is 11.7 Å². The van der Waals surface area contributed by atoms with E-state index in [2.05, 4.69) is 10.3 Å². The molecule has 0 saturated carbocycles. The summed E-state index contributed by atoms with van der Waals surface area (Å²) >= 11 is 0. The Labute approximate surface area is 91.7 Å². The average Bonchev–Trinajstić information content (AvgIpc) is 2.61. The minimum atomic E-state index is -1.12. The average molecular weight is 218 g/mol. The van der Waals surface area contributed by atoms with Crippen molar-refractivity contribution in [3.8, 4) is 0 Å². The Morgan fingerprint density at radius 3 is 2.62 bits per heavy atom. The minimum Gasteiger partial charge on any atom is -0.475 e. The van der Waals surface area contributed by atoms with Gasteiger partial charge in [0.25, 0.3) is 6.01 Å². The van der Waals surface area contributed by atoms with Crippen LogP contribution in [0.2, 0.25) is 0 Å². The van der Waals surface area contributed by atoms with Gasteiger partial charge in [-0.1, -0.05) is 18.2 Å². The lowest BCUT2D eigenvalue weighted by molar-refractivity contribution is 0.0662. The standard InChI is InChI=1S/C11H10N2O3/c1-7-9(10(14)15)16-11(12-7)13-8-5-3-2-4-6-8/h2-6H,1H3,(H,12,13)(H,14,15). The molecule has 5 heteroatoms. The molecule has 1 heterocycles. The summed E-state index contributed by atoms with van der Waals surface area (Å²) < 4.78 is 5.06. The largest absolute Gasteiger partial charge is 0.475 e. The monoisotopic (exact) mass is 218 g/mol. The summed E-state index contributed by atoms with van der Waals surface area (Å²) in [6.45, 7) is 1.59. The van der Waals surface area contributed by atoms with Crippen molar-refractivity contribution in [2.24, 2.45) is 0 Å². The molecule has 0 saturated heterocycles. The van der Waals surface area contributed by atoms with E-state index in [1.165, 1.54) is 0 Å². The second kappa shape index (κ2) is 4.06. The number of para-hydroxylation sites is 1. The number of oxazole rings is 1. The van der Waals surface area contributed by atoms with Gasteiger partial charge in [0.2, 0.25) is 5.76 Å². The zero-order valence-corrected chi connectivity index (χ0v) is 8.60. The van der Waals surface area contributed by atoms with Crippen molar-refractivity contribution in [1.29, 1.82) is 0 Å². The molecule has 0 radical (unpaired) electrons. The van der Waals surface area contributed by atoms with Gasteiger partial charge in [-0.2, -0.15) is 4.98 Å². The first-order chi connectivity index (χ1) is 7.66. The Bertz CT molecular complexity index is 505. The maximum atomic E-state index is 10.7. The third-order valence-electron chi connectivity index (χ3n) is 2.02. The first-order valence-corrected chi connectivity index (χ1v) is 4.69. The molecule has 1 aromatic heterocycles. The molecule has 0 atom stereocenters. The Morgan fingerprint density at radius 1 is 1.38 bits per heavy atom. The molecule has 0 spiro atoms. The molecule has 16 heavy (non-hydrogen) atoms. The molecule has 0 unspecified atom stereocenters. The van der Waals surface area contributed by atoms with E-state index in [0.717, 1.165) is 5.69 Å². The molecule has 2 N–H and O–H groups in total. The normalized spacial score (nSPS) is 10.1. The van der Waals surface area contributed by atoms with Gasteiger partial charge in [-0.3, -0.25) is 0 Å². The van der Waals surface area contributed by atoms with E-state index in [4.69, 9.17) is 9.52 Å². The summed E-state index contributed by atoms with van der Waals surface area (Å²) in [4.78, 5) is 14.7. The van der Waals surface area contributed by atoms with Gasteiger partial charge < -0.3 is 14.8 Å². The summed E-state index contributed by atoms with van der Waals surface area (Å²) in [7, 11) is 0. The molecule has 0 aliphatic carbocycles. The van der Waals surface area contributed by atoms with Gasteiger partial charge in [-0.05, 0) is 19.1 Å². The van der Waals surface area contributed by atoms with Crippen LogP contribution in [0.3, 0.4) is 0 Å². The zero-order chi connectivity index (χ0) is 11.5. The smallest absolute Gasteiger partial charge is 0.373 e. The molecule has 0 fully saturated rings. The number of carboxylic acid groups (broad SMARTS) is 1. The topological polar surface area (TPSA) is 75.4 Å². The lowest BCUT2D eigenvalue weighted by atomic mass is 10.3. The van der Waals surface area contributed by atoms with Crippen LogP contribution in [0.25, 0.3) is 0 Å². The summed E-state index contributed by atoms with van der Waals surface area (Å²) in [5.41, 5.74) is 1.15. The third kappa shape index (κ3) is 2.03. The molecule has 82 valence electrons. The van der Waals surface area contributed by atoms with E-state index >= 15 is 0 Å². The highest BCUT2D eigenvalue weighted by atomic mass is 16.4. The van der Waals surface area contributed by atoms with Crippen molar-refractivity contribution in [2.45, 2.75) is 6.92 Å². The molecule has 0 bridgehead atoms. The maximum absolute atomic E-state index is 10.7.